The molecule has 3 rings (SSSR count). The molecular formula is C19H33NO13. The van der Waals surface area contributed by atoms with Crippen LogP contribution < -0.4 is 5.32 Å². The fourth-order valence-electron chi connectivity index (χ4n) is 4.33. The van der Waals surface area contributed by atoms with Gasteiger partial charge < -0.3 is 70.6 Å². The molecule has 0 amide bonds. The van der Waals surface area contributed by atoms with Crippen molar-refractivity contribution in [3.63, 3.8) is 0 Å². The number of hydrogen-bond acceptors (Lipinski definition) is 14. The van der Waals surface area contributed by atoms with Gasteiger partial charge in [-0.05, 0) is 12.5 Å². The summed E-state index contributed by atoms with van der Waals surface area (Å²) < 4.78 is 16.1. The minimum Gasteiger partial charge on any atom is -0.394 e. The molecule has 0 saturated carbocycles. The quantitative estimate of drug-likeness (QED) is 0.157. The Labute approximate surface area is 188 Å². The van der Waals surface area contributed by atoms with Crippen LogP contribution in [0.15, 0.2) is 11.6 Å². The van der Waals surface area contributed by atoms with Crippen LogP contribution in [0.5, 0.6) is 0 Å². The lowest BCUT2D eigenvalue weighted by molar-refractivity contribution is -0.345. The van der Waals surface area contributed by atoms with Crippen LogP contribution in [0.25, 0.3) is 0 Å². The van der Waals surface area contributed by atoms with Gasteiger partial charge in [-0.1, -0.05) is 6.08 Å². The Hall–Kier alpha value is -0.820. The normalized spacial score (nSPS) is 51.3. The molecule has 14 nitrogen and oxygen atoms in total. The fraction of sp³-hybridized carbons (Fsp3) is 0.895. The molecular weight excluding hydrogens is 450 g/mol. The van der Waals surface area contributed by atoms with Crippen LogP contribution in [-0.4, -0.2) is 150 Å². The summed E-state index contributed by atoms with van der Waals surface area (Å²) in [6, 6.07) is -2.02. The highest BCUT2D eigenvalue weighted by Crippen LogP contribution is 2.29. The Bertz CT molecular complexity index is 680. The third kappa shape index (κ3) is 5.24. The highest BCUT2D eigenvalue weighted by atomic mass is 16.7. The molecule has 0 bridgehead atoms. The molecule has 14 heteroatoms. The van der Waals surface area contributed by atoms with E-state index in [9.17, 15) is 51.1 Å². The lowest BCUT2D eigenvalue weighted by Crippen LogP contribution is -2.68. The number of hydrogen-bond donors (Lipinski definition) is 11. The highest BCUT2D eigenvalue weighted by molar-refractivity contribution is 5.22. The second kappa shape index (κ2) is 10.8. The van der Waals surface area contributed by atoms with Crippen molar-refractivity contribution in [3.05, 3.63) is 11.6 Å². The van der Waals surface area contributed by atoms with Gasteiger partial charge in [-0.25, -0.2) is 0 Å². The van der Waals surface area contributed by atoms with E-state index in [0.717, 1.165) is 0 Å². The standard InChI is InChI=1S/C19H33NO13/c1-5-9(20-7-2-6(3-21)10(23)13(26)11(7)24)12(25)16(29)19(31-5)33-17-8(4-22)32-18(30)15(28)14(17)27/h2,5,7-30H,3-4H2,1H3/t5?,7-,8?,9-,10+,11-,12-,13-,14+,15?,16?,17-,18?,19-/m0/s1. The predicted octanol–water partition coefficient (Wildman–Crippen LogP) is -6.39. The molecule has 2 aliphatic heterocycles. The third-order valence-corrected chi connectivity index (χ3v) is 6.36. The van der Waals surface area contributed by atoms with Crippen molar-refractivity contribution in [1.29, 1.82) is 0 Å². The summed E-state index contributed by atoms with van der Waals surface area (Å²) in [7, 11) is 0. The highest BCUT2D eigenvalue weighted by Gasteiger charge is 2.50. The smallest absolute Gasteiger partial charge is 0.187 e. The van der Waals surface area contributed by atoms with E-state index in [0.29, 0.717) is 0 Å². The summed E-state index contributed by atoms with van der Waals surface area (Å²) in [5.41, 5.74) is 0.0630. The lowest BCUT2D eigenvalue weighted by atomic mass is 9.86. The second-order valence-corrected chi connectivity index (χ2v) is 8.56. The monoisotopic (exact) mass is 483 g/mol. The molecule has 192 valence electrons. The number of aliphatic hydroxyl groups is 10. The molecule has 14 atom stereocenters. The summed E-state index contributed by atoms with van der Waals surface area (Å²) in [5.74, 6) is 0. The molecule has 0 aromatic carbocycles. The average Bonchev–Trinajstić information content (AvgIpc) is 2.79. The predicted molar refractivity (Wildman–Crippen MR) is 105 cm³/mol. The molecule has 1 aliphatic carbocycles. The number of nitrogens with one attached hydrogen (secondary N) is 1. The summed E-state index contributed by atoms with van der Waals surface area (Å²) in [6.45, 7) is 0.249. The minimum atomic E-state index is -1.76. The van der Waals surface area contributed by atoms with Crippen LogP contribution in [0.2, 0.25) is 0 Å². The molecule has 2 saturated heterocycles. The Morgan fingerprint density at radius 3 is 2.12 bits per heavy atom. The molecule has 5 unspecified atom stereocenters. The van der Waals surface area contributed by atoms with Gasteiger partial charge in [0.25, 0.3) is 0 Å². The Balaban J connectivity index is 1.71. The maximum Gasteiger partial charge on any atom is 0.187 e. The lowest BCUT2D eigenvalue weighted by Gasteiger charge is -2.47. The first-order valence-corrected chi connectivity index (χ1v) is 10.6. The largest absolute Gasteiger partial charge is 0.394 e. The Morgan fingerprint density at radius 1 is 0.848 bits per heavy atom. The van der Waals surface area contributed by atoms with Crippen molar-refractivity contribution in [1.82, 2.24) is 5.32 Å². The SMILES string of the molecule is CC1O[C@@H](O[C@H]2C(CO)OC(O)C(O)[C@H]2O)C(O)[C@@H](O)[C@H]1N[C@H]1C=C(CO)[C@@H](O)[C@H](O)[C@H]1O. The van der Waals surface area contributed by atoms with E-state index < -0.39 is 98.9 Å². The molecule has 33 heavy (non-hydrogen) atoms. The summed E-state index contributed by atoms with van der Waals surface area (Å²) in [5, 5.41) is 103. The second-order valence-electron chi connectivity index (χ2n) is 8.56. The minimum absolute atomic E-state index is 0.0630. The van der Waals surface area contributed by atoms with E-state index in [4.69, 9.17) is 14.2 Å². The van der Waals surface area contributed by atoms with Crippen LogP contribution in [0.4, 0.5) is 0 Å². The molecule has 0 aromatic rings. The maximum atomic E-state index is 10.7. The number of ether oxygens (including phenoxy) is 3. The summed E-state index contributed by atoms with van der Waals surface area (Å²) >= 11 is 0. The van der Waals surface area contributed by atoms with Gasteiger partial charge in [0.05, 0.1) is 31.4 Å². The van der Waals surface area contributed by atoms with E-state index >= 15 is 0 Å². The van der Waals surface area contributed by atoms with E-state index in [1.54, 1.807) is 0 Å². The van der Waals surface area contributed by atoms with E-state index in [1.165, 1.54) is 13.0 Å². The summed E-state index contributed by atoms with van der Waals surface area (Å²) in [6.07, 6.45) is -16.8. The van der Waals surface area contributed by atoms with E-state index in [1.807, 2.05) is 0 Å². The van der Waals surface area contributed by atoms with Crippen molar-refractivity contribution in [2.75, 3.05) is 13.2 Å². The van der Waals surface area contributed by atoms with Crippen LogP contribution in [0.3, 0.4) is 0 Å². The zero-order chi connectivity index (χ0) is 24.6. The molecule has 3 aliphatic rings. The van der Waals surface area contributed by atoms with Crippen LogP contribution in [-0.2, 0) is 14.2 Å². The van der Waals surface area contributed by atoms with Gasteiger partial charge in [0.15, 0.2) is 12.6 Å². The maximum absolute atomic E-state index is 10.7. The summed E-state index contributed by atoms with van der Waals surface area (Å²) in [4.78, 5) is 0. The van der Waals surface area contributed by atoms with Gasteiger partial charge in [-0.15, -0.1) is 0 Å². The van der Waals surface area contributed by atoms with Crippen molar-refractivity contribution in [3.8, 4) is 0 Å². The van der Waals surface area contributed by atoms with Gasteiger partial charge in [-0.2, -0.15) is 0 Å². The number of aliphatic hydroxyl groups excluding tert-OH is 10. The van der Waals surface area contributed by atoms with Gasteiger partial charge in [0.1, 0.15) is 54.9 Å². The van der Waals surface area contributed by atoms with Crippen molar-refractivity contribution < 1.29 is 65.3 Å². The van der Waals surface area contributed by atoms with Crippen molar-refractivity contribution in [2.45, 2.75) is 92.6 Å². The third-order valence-electron chi connectivity index (χ3n) is 6.36. The van der Waals surface area contributed by atoms with E-state index in [2.05, 4.69) is 5.32 Å². The zero-order valence-corrected chi connectivity index (χ0v) is 17.8. The van der Waals surface area contributed by atoms with Gasteiger partial charge in [0.2, 0.25) is 0 Å². The molecule has 2 fully saturated rings. The van der Waals surface area contributed by atoms with Gasteiger partial charge in [0, 0.05) is 0 Å². The molecule has 0 spiro atoms. The Morgan fingerprint density at radius 2 is 1.52 bits per heavy atom. The number of rotatable bonds is 6. The molecule has 0 aromatic heterocycles. The van der Waals surface area contributed by atoms with Crippen molar-refractivity contribution >= 4 is 0 Å². The van der Waals surface area contributed by atoms with Crippen molar-refractivity contribution in [2.24, 2.45) is 0 Å². The van der Waals surface area contributed by atoms with Crippen LogP contribution >= 0.6 is 0 Å². The average molecular weight is 483 g/mol. The van der Waals surface area contributed by atoms with Crippen LogP contribution in [0.1, 0.15) is 6.92 Å². The van der Waals surface area contributed by atoms with Crippen LogP contribution in [0, 0.1) is 0 Å². The molecule has 0 radical (unpaired) electrons. The Kier molecular flexibility index (Phi) is 8.80. The molecule has 2 heterocycles. The molecule has 11 N–H and O–H groups in total. The zero-order valence-electron chi connectivity index (χ0n) is 17.8. The van der Waals surface area contributed by atoms with Gasteiger partial charge in [-0.3, -0.25) is 0 Å². The first-order chi connectivity index (χ1) is 15.5. The first kappa shape index (κ1) is 26.8. The first-order valence-electron chi connectivity index (χ1n) is 10.6. The van der Waals surface area contributed by atoms with E-state index in [-0.39, 0.29) is 5.57 Å². The topological polar surface area (TPSA) is 242 Å². The van der Waals surface area contributed by atoms with Gasteiger partial charge >= 0.3 is 0 Å². The fourth-order valence-corrected chi connectivity index (χ4v) is 4.33.